The molecule has 1 saturated carbocycles. The predicted octanol–water partition coefficient (Wildman–Crippen LogP) is 2.89. The monoisotopic (exact) mass is 281 g/mol. The first-order valence-corrected chi connectivity index (χ1v) is 7.89. The van der Waals surface area contributed by atoms with Crippen molar-refractivity contribution in [2.75, 3.05) is 13.2 Å². The molecule has 4 heteroatoms. The molecule has 1 aliphatic rings. The minimum absolute atomic E-state index is 0.0316. The molecule has 0 spiro atoms. The minimum Gasteiger partial charge on any atom is -0.396 e. The number of carbonyl (C=O) groups is 1. The van der Waals surface area contributed by atoms with Gasteiger partial charge in [-0.05, 0) is 44.6 Å². The van der Waals surface area contributed by atoms with E-state index in [0.29, 0.717) is 18.4 Å². The second-order valence-electron chi connectivity index (χ2n) is 5.52. The van der Waals surface area contributed by atoms with Gasteiger partial charge >= 0.3 is 0 Å². The molecule has 1 aromatic rings. The highest BCUT2D eigenvalue weighted by Gasteiger charge is 2.25. The van der Waals surface area contributed by atoms with Crippen LogP contribution in [0.5, 0.6) is 0 Å². The molecule has 2 N–H and O–H groups in total. The Morgan fingerprint density at radius 2 is 2.05 bits per heavy atom. The maximum Gasteiger partial charge on any atom is 0.252 e. The minimum atomic E-state index is 0.0316. The second kappa shape index (κ2) is 6.53. The van der Waals surface area contributed by atoms with Crippen molar-refractivity contribution >= 4 is 17.2 Å². The van der Waals surface area contributed by atoms with Crippen LogP contribution in [-0.2, 0) is 0 Å². The molecule has 1 aromatic heterocycles. The van der Waals surface area contributed by atoms with Crippen molar-refractivity contribution in [2.45, 2.75) is 39.5 Å². The number of hydrogen-bond acceptors (Lipinski definition) is 3. The van der Waals surface area contributed by atoms with E-state index in [-0.39, 0.29) is 12.5 Å². The third kappa shape index (κ3) is 3.57. The molecule has 1 aliphatic carbocycles. The molecule has 2 unspecified atom stereocenters. The van der Waals surface area contributed by atoms with Gasteiger partial charge in [0.25, 0.3) is 5.91 Å². The van der Waals surface area contributed by atoms with Gasteiger partial charge in [-0.3, -0.25) is 4.79 Å². The van der Waals surface area contributed by atoms with E-state index in [9.17, 15) is 9.90 Å². The van der Waals surface area contributed by atoms with E-state index in [1.807, 2.05) is 19.9 Å². The standard InChI is InChI=1S/C15H23NO2S/c1-10-7-14(11(2)19-10)15(18)16-8-12-5-3-4-6-13(12)9-17/h7,12-13,17H,3-6,8-9H2,1-2H3,(H,16,18). The quantitative estimate of drug-likeness (QED) is 0.891. The Labute approximate surface area is 119 Å². The Hall–Kier alpha value is -0.870. The molecule has 106 valence electrons. The van der Waals surface area contributed by atoms with Gasteiger partial charge in [0.2, 0.25) is 0 Å². The van der Waals surface area contributed by atoms with Crippen molar-refractivity contribution < 1.29 is 9.90 Å². The van der Waals surface area contributed by atoms with E-state index in [1.165, 1.54) is 17.7 Å². The molecule has 1 amide bonds. The van der Waals surface area contributed by atoms with Gasteiger partial charge in [-0.1, -0.05) is 12.8 Å². The van der Waals surface area contributed by atoms with Gasteiger partial charge in [0.15, 0.2) is 0 Å². The summed E-state index contributed by atoms with van der Waals surface area (Å²) in [6.07, 6.45) is 4.63. The first-order chi connectivity index (χ1) is 9.11. The number of aliphatic hydroxyl groups is 1. The maximum atomic E-state index is 12.1. The van der Waals surface area contributed by atoms with Crippen LogP contribution in [-0.4, -0.2) is 24.2 Å². The summed E-state index contributed by atoms with van der Waals surface area (Å²) < 4.78 is 0. The van der Waals surface area contributed by atoms with Crippen LogP contribution in [0.2, 0.25) is 0 Å². The summed E-state index contributed by atoms with van der Waals surface area (Å²) in [6, 6.07) is 1.96. The normalized spacial score (nSPS) is 23.3. The van der Waals surface area contributed by atoms with Crippen LogP contribution in [0, 0.1) is 25.7 Å². The average molecular weight is 281 g/mol. The SMILES string of the molecule is Cc1cc(C(=O)NCC2CCCCC2CO)c(C)s1. The van der Waals surface area contributed by atoms with Crippen molar-refractivity contribution in [1.29, 1.82) is 0 Å². The Morgan fingerprint density at radius 1 is 1.37 bits per heavy atom. The lowest BCUT2D eigenvalue weighted by Gasteiger charge is -2.30. The molecular weight excluding hydrogens is 258 g/mol. The highest BCUT2D eigenvalue weighted by atomic mass is 32.1. The number of aliphatic hydroxyl groups excluding tert-OH is 1. The summed E-state index contributed by atoms with van der Waals surface area (Å²) >= 11 is 1.66. The third-order valence-corrected chi connectivity index (χ3v) is 5.08. The summed E-state index contributed by atoms with van der Waals surface area (Å²) in [5.41, 5.74) is 0.804. The molecular formula is C15H23NO2S. The molecule has 0 bridgehead atoms. The molecule has 0 saturated heterocycles. The number of carbonyl (C=O) groups excluding carboxylic acids is 1. The van der Waals surface area contributed by atoms with Crippen molar-refractivity contribution in [3.63, 3.8) is 0 Å². The Balaban J connectivity index is 1.91. The topological polar surface area (TPSA) is 49.3 Å². The van der Waals surface area contributed by atoms with Crippen LogP contribution < -0.4 is 5.32 Å². The number of aryl methyl sites for hydroxylation is 2. The second-order valence-corrected chi connectivity index (χ2v) is 6.98. The Bertz CT molecular complexity index is 441. The van der Waals surface area contributed by atoms with Gasteiger partial charge in [-0.2, -0.15) is 0 Å². The highest BCUT2D eigenvalue weighted by molar-refractivity contribution is 7.12. The summed E-state index contributed by atoms with van der Waals surface area (Å²) in [5.74, 6) is 0.825. The van der Waals surface area contributed by atoms with Crippen LogP contribution in [0.15, 0.2) is 6.07 Å². The van der Waals surface area contributed by atoms with E-state index in [4.69, 9.17) is 0 Å². The molecule has 0 aromatic carbocycles. The lowest BCUT2D eigenvalue weighted by molar-refractivity contribution is 0.0909. The fourth-order valence-electron chi connectivity index (χ4n) is 2.97. The molecule has 0 aliphatic heterocycles. The van der Waals surface area contributed by atoms with Crippen molar-refractivity contribution in [2.24, 2.45) is 11.8 Å². The summed E-state index contributed by atoms with van der Waals surface area (Å²) in [5, 5.41) is 12.4. The molecule has 19 heavy (non-hydrogen) atoms. The largest absolute Gasteiger partial charge is 0.396 e. The van der Waals surface area contributed by atoms with Crippen LogP contribution in [0.25, 0.3) is 0 Å². The molecule has 3 nitrogen and oxygen atoms in total. The number of thiophene rings is 1. The Kier molecular flexibility index (Phi) is 4.99. The van der Waals surface area contributed by atoms with E-state index in [2.05, 4.69) is 5.32 Å². The number of rotatable bonds is 4. The van der Waals surface area contributed by atoms with Gasteiger partial charge in [0, 0.05) is 22.9 Å². The van der Waals surface area contributed by atoms with Crippen LogP contribution in [0.1, 0.15) is 45.8 Å². The summed E-state index contributed by atoms with van der Waals surface area (Å²) in [6.45, 7) is 4.95. The van der Waals surface area contributed by atoms with Gasteiger partial charge in [-0.15, -0.1) is 11.3 Å². The van der Waals surface area contributed by atoms with Gasteiger partial charge in [0.1, 0.15) is 0 Å². The zero-order valence-corrected chi connectivity index (χ0v) is 12.6. The number of hydrogen-bond donors (Lipinski definition) is 2. The molecule has 1 heterocycles. The van der Waals surface area contributed by atoms with Gasteiger partial charge in [0.05, 0.1) is 5.56 Å². The van der Waals surface area contributed by atoms with E-state index in [0.717, 1.165) is 23.3 Å². The fourth-order valence-corrected chi connectivity index (χ4v) is 3.89. The zero-order chi connectivity index (χ0) is 13.8. The van der Waals surface area contributed by atoms with Crippen LogP contribution >= 0.6 is 11.3 Å². The number of nitrogens with one attached hydrogen (secondary N) is 1. The molecule has 2 rings (SSSR count). The van der Waals surface area contributed by atoms with Gasteiger partial charge < -0.3 is 10.4 Å². The van der Waals surface area contributed by atoms with E-state index >= 15 is 0 Å². The predicted molar refractivity (Wildman–Crippen MR) is 78.7 cm³/mol. The third-order valence-electron chi connectivity index (χ3n) is 4.11. The molecule has 2 atom stereocenters. The summed E-state index contributed by atoms with van der Waals surface area (Å²) in [7, 11) is 0. The smallest absolute Gasteiger partial charge is 0.252 e. The van der Waals surface area contributed by atoms with Crippen molar-refractivity contribution in [3.8, 4) is 0 Å². The maximum absolute atomic E-state index is 12.1. The Morgan fingerprint density at radius 3 is 2.63 bits per heavy atom. The fraction of sp³-hybridized carbons (Fsp3) is 0.667. The highest BCUT2D eigenvalue weighted by Crippen LogP contribution is 2.29. The average Bonchev–Trinajstić information content (AvgIpc) is 2.75. The van der Waals surface area contributed by atoms with Crippen LogP contribution in [0.3, 0.4) is 0 Å². The first kappa shape index (κ1) is 14.5. The zero-order valence-electron chi connectivity index (χ0n) is 11.7. The van der Waals surface area contributed by atoms with Crippen LogP contribution in [0.4, 0.5) is 0 Å². The van der Waals surface area contributed by atoms with E-state index in [1.54, 1.807) is 11.3 Å². The molecule has 0 radical (unpaired) electrons. The summed E-state index contributed by atoms with van der Waals surface area (Å²) in [4.78, 5) is 14.4. The molecule has 1 fully saturated rings. The van der Waals surface area contributed by atoms with Crippen molar-refractivity contribution in [3.05, 3.63) is 21.4 Å². The lowest BCUT2D eigenvalue weighted by Crippen LogP contribution is -2.35. The number of amides is 1. The van der Waals surface area contributed by atoms with Crippen molar-refractivity contribution in [1.82, 2.24) is 5.32 Å². The first-order valence-electron chi connectivity index (χ1n) is 7.08. The lowest BCUT2D eigenvalue weighted by atomic mass is 9.79. The van der Waals surface area contributed by atoms with E-state index < -0.39 is 0 Å². The van der Waals surface area contributed by atoms with Gasteiger partial charge in [-0.25, -0.2) is 0 Å².